The standard InChI is InChI=1S/C14H21BrO2/c1-3-10(4-2)14(17)13(16)9-11-7-5-6-8-12(11)15/h5-8,10,13-14,16-17H,3-4,9H2,1-2H3. The van der Waals surface area contributed by atoms with Gasteiger partial charge in [-0.3, -0.25) is 0 Å². The van der Waals surface area contributed by atoms with Crippen molar-refractivity contribution in [2.45, 2.75) is 45.3 Å². The molecule has 0 spiro atoms. The molecule has 0 bridgehead atoms. The maximum absolute atomic E-state index is 10.1. The molecule has 2 N–H and O–H groups in total. The van der Waals surface area contributed by atoms with Gasteiger partial charge in [0.1, 0.15) is 0 Å². The Morgan fingerprint density at radius 2 is 1.71 bits per heavy atom. The lowest BCUT2D eigenvalue weighted by Gasteiger charge is -2.25. The van der Waals surface area contributed by atoms with Gasteiger partial charge in [-0.15, -0.1) is 0 Å². The van der Waals surface area contributed by atoms with Crippen molar-refractivity contribution in [1.82, 2.24) is 0 Å². The first-order valence-corrected chi connectivity index (χ1v) is 6.98. The fourth-order valence-electron chi connectivity index (χ4n) is 2.10. The number of hydrogen-bond acceptors (Lipinski definition) is 2. The number of aliphatic hydroxyl groups excluding tert-OH is 2. The predicted octanol–water partition coefficient (Wildman–Crippen LogP) is 3.15. The van der Waals surface area contributed by atoms with Gasteiger partial charge in [-0.25, -0.2) is 0 Å². The van der Waals surface area contributed by atoms with Gasteiger partial charge in [0.05, 0.1) is 12.2 Å². The first-order valence-electron chi connectivity index (χ1n) is 6.19. The maximum atomic E-state index is 10.1. The highest BCUT2D eigenvalue weighted by Gasteiger charge is 2.24. The van der Waals surface area contributed by atoms with Crippen LogP contribution >= 0.6 is 15.9 Å². The van der Waals surface area contributed by atoms with Gasteiger partial charge in [-0.05, 0) is 17.5 Å². The summed E-state index contributed by atoms with van der Waals surface area (Å²) >= 11 is 3.45. The molecule has 0 heterocycles. The fraction of sp³-hybridized carbons (Fsp3) is 0.571. The third-order valence-corrected chi connectivity index (χ3v) is 4.09. The van der Waals surface area contributed by atoms with Crippen LogP contribution in [0.15, 0.2) is 28.7 Å². The summed E-state index contributed by atoms with van der Waals surface area (Å²) < 4.78 is 0.982. The number of rotatable bonds is 6. The summed E-state index contributed by atoms with van der Waals surface area (Å²) in [6, 6.07) is 7.80. The van der Waals surface area contributed by atoms with Crippen LogP contribution in [0.2, 0.25) is 0 Å². The lowest BCUT2D eigenvalue weighted by atomic mass is 9.90. The molecule has 1 aromatic rings. The van der Waals surface area contributed by atoms with Crippen molar-refractivity contribution in [2.75, 3.05) is 0 Å². The van der Waals surface area contributed by atoms with E-state index in [9.17, 15) is 10.2 Å². The van der Waals surface area contributed by atoms with Crippen molar-refractivity contribution >= 4 is 15.9 Å². The minimum atomic E-state index is -0.696. The van der Waals surface area contributed by atoms with Crippen LogP contribution < -0.4 is 0 Å². The van der Waals surface area contributed by atoms with E-state index in [4.69, 9.17) is 0 Å². The molecule has 0 fully saturated rings. The molecule has 0 aliphatic carbocycles. The Hall–Kier alpha value is -0.380. The molecular formula is C14H21BrO2. The zero-order valence-electron chi connectivity index (χ0n) is 10.4. The van der Waals surface area contributed by atoms with Crippen molar-refractivity contribution < 1.29 is 10.2 Å². The second-order valence-electron chi connectivity index (χ2n) is 4.43. The number of benzene rings is 1. The Balaban J connectivity index is 2.65. The van der Waals surface area contributed by atoms with Crippen LogP contribution in [0, 0.1) is 5.92 Å². The van der Waals surface area contributed by atoms with Crippen molar-refractivity contribution in [3.05, 3.63) is 34.3 Å². The Labute approximate surface area is 112 Å². The summed E-state index contributed by atoms with van der Waals surface area (Å²) in [5.41, 5.74) is 1.03. The van der Waals surface area contributed by atoms with Crippen molar-refractivity contribution in [3.8, 4) is 0 Å². The maximum Gasteiger partial charge on any atom is 0.0842 e. The van der Waals surface area contributed by atoms with Gasteiger partial charge >= 0.3 is 0 Å². The molecule has 0 aliphatic heterocycles. The summed E-state index contributed by atoms with van der Waals surface area (Å²) in [5, 5.41) is 20.1. The molecule has 1 aromatic carbocycles. The van der Waals surface area contributed by atoms with Crippen LogP contribution in [0.5, 0.6) is 0 Å². The predicted molar refractivity (Wildman–Crippen MR) is 73.9 cm³/mol. The fourth-order valence-corrected chi connectivity index (χ4v) is 2.54. The van der Waals surface area contributed by atoms with E-state index in [1.54, 1.807) is 0 Å². The molecule has 0 radical (unpaired) electrons. The van der Waals surface area contributed by atoms with E-state index in [2.05, 4.69) is 15.9 Å². The minimum Gasteiger partial charge on any atom is -0.390 e. The molecule has 3 heteroatoms. The molecule has 17 heavy (non-hydrogen) atoms. The summed E-state index contributed by atoms with van der Waals surface area (Å²) in [6.07, 6.45) is 0.935. The van der Waals surface area contributed by atoms with E-state index in [-0.39, 0.29) is 5.92 Å². The molecule has 1 rings (SSSR count). The lowest BCUT2D eigenvalue weighted by molar-refractivity contribution is -0.0188. The van der Waals surface area contributed by atoms with Crippen LogP contribution in [-0.2, 0) is 6.42 Å². The third kappa shape index (κ3) is 4.09. The monoisotopic (exact) mass is 300 g/mol. The highest BCUT2D eigenvalue weighted by molar-refractivity contribution is 9.10. The summed E-state index contributed by atoms with van der Waals surface area (Å²) in [4.78, 5) is 0. The molecule has 2 unspecified atom stereocenters. The Morgan fingerprint density at radius 3 is 2.24 bits per heavy atom. The van der Waals surface area contributed by atoms with E-state index >= 15 is 0 Å². The van der Waals surface area contributed by atoms with Gasteiger partial charge in [-0.2, -0.15) is 0 Å². The highest BCUT2D eigenvalue weighted by Crippen LogP contribution is 2.22. The summed E-state index contributed by atoms with van der Waals surface area (Å²) in [5.74, 6) is 0.174. The molecule has 2 nitrogen and oxygen atoms in total. The number of aliphatic hydroxyl groups is 2. The van der Waals surface area contributed by atoms with Crippen molar-refractivity contribution in [2.24, 2.45) is 5.92 Å². The van der Waals surface area contributed by atoms with Gasteiger partial charge in [-0.1, -0.05) is 60.8 Å². The minimum absolute atomic E-state index is 0.174. The molecule has 0 saturated carbocycles. The summed E-state index contributed by atoms with van der Waals surface area (Å²) in [7, 11) is 0. The zero-order valence-corrected chi connectivity index (χ0v) is 12.0. The topological polar surface area (TPSA) is 40.5 Å². The molecule has 0 amide bonds. The van der Waals surface area contributed by atoms with Gasteiger partial charge < -0.3 is 10.2 Å². The van der Waals surface area contributed by atoms with Gasteiger partial charge in [0.25, 0.3) is 0 Å². The van der Waals surface area contributed by atoms with E-state index in [1.807, 2.05) is 38.1 Å². The smallest absolute Gasteiger partial charge is 0.0842 e. The van der Waals surface area contributed by atoms with Crippen LogP contribution in [0.25, 0.3) is 0 Å². The largest absolute Gasteiger partial charge is 0.390 e. The molecular weight excluding hydrogens is 280 g/mol. The van der Waals surface area contributed by atoms with Crippen LogP contribution in [0.4, 0.5) is 0 Å². The molecule has 2 atom stereocenters. The third-order valence-electron chi connectivity index (χ3n) is 3.31. The Kier molecular flexibility index (Phi) is 6.17. The highest BCUT2D eigenvalue weighted by atomic mass is 79.9. The van der Waals surface area contributed by atoms with Crippen LogP contribution in [0.1, 0.15) is 32.3 Å². The normalized spacial score (nSPS) is 14.9. The Bertz CT molecular complexity index is 337. The van der Waals surface area contributed by atoms with Crippen molar-refractivity contribution in [3.63, 3.8) is 0 Å². The van der Waals surface area contributed by atoms with E-state index in [0.29, 0.717) is 6.42 Å². The molecule has 0 saturated heterocycles. The Morgan fingerprint density at radius 1 is 1.12 bits per heavy atom. The first-order chi connectivity index (χ1) is 8.10. The van der Waals surface area contributed by atoms with Gasteiger partial charge in [0, 0.05) is 10.9 Å². The number of halogens is 1. The molecule has 0 aromatic heterocycles. The van der Waals surface area contributed by atoms with Crippen LogP contribution in [0.3, 0.4) is 0 Å². The lowest BCUT2D eigenvalue weighted by Crippen LogP contribution is -2.34. The molecule has 0 aliphatic rings. The van der Waals surface area contributed by atoms with E-state index < -0.39 is 12.2 Å². The average Bonchev–Trinajstić information content (AvgIpc) is 2.33. The molecule has 96 valence electrons. The van der Waals surface area contributed by atoms with Gasteiger partial charge in [0.2, 0.25) is 0 Å². The van der Waals surface area contributed by atoms with Crippen molar-refractivity contribution in [1.29, 1.82) is 0 Å². The first kappa shape index (κ1) is 14.7. The van der Waals surface area contributed by atoms with E-state index in [0.717, 1.165) is 22.9 Å². The second kappa shape index (κ2) is 7.14. The van der Waals surface area contributed by atoms with E-state index in [1.165, 1.54) is 0 Å². The average molecular weight is 301 g/mol. The zero-order chi connectivity index (χ0) is 12.8. The summed E-state index contributed by atoms with van der Waals surface area (Å²) in [6.45, 7) is 4.09. The number of hydrogen-bond donors (Lipinski definition) is 2. The van der Waals surface area contributed by atoms with Gasteiger partial charge in [0.15, 0.2) is 0 Å². The van der Waals surface area contributed by atoms with Crippen LogP contribution in [-0.4, -0.2) is 22.4 Å². The second-order valence-corrected chi connectivity index (χ2v) is 5.28. The quantitative estimate of drug-likeness (QED) is 0.847. The SMILES string of the molecule is CCC(CC)C(O)C(O)Cc1ccccc1Br.